The summed E-state index contributed by atoms with van der Waals surface area (Å²) < 4.78 is 24.5. The molecule has 102 valence electrons. The van der Waals surface area contributed by atoms with Crippen molar-refractivity contribution in [3.8, 4) is 0 Å². The summed E-state index contributed by atoms with van der Waals surface area (Å²) in [4.78, 5) is 14.0. The minimum Gasteiger partial charge on any atom is -0.330 e. The molecule has 0 heterocycles. The predicted molar refractivity (Wildman–Crippen MR) is 69.6 cm³/mol. The largest absolute Gasteiger partial charge is 0.330 e. The highest BCUT2D eigenvalue weighted by Gasteiger charge is 2.15. The molecule has 0 aliphatic heterocycles. The van der Waals surface area contributed by atoms with Gasteiger partial charge in [0.05, 0.1) is 0 Å². The van der Waals surface area contributed by atoms with E-state index >= 15 is 0 Å². The van der Waals surface area contributed by atoms with Crippen molar-refractivity contribution in [2.45, 2.75) is 6.42 Å². The number of carbonyl (C=O) groups excluding carboxylic acids is 1. The highest BCUT2D eigenvalue weighted by molar-refractivity contribution is 7.90. The van der Waals surface area contributed by atoms with Crippen LogP contribution in [0.25, 0.3) is 10.4 Å². The molecule has 8 nitrogen and oxygen atoms in total. The van der Waals surface area contributed by atoms with Gasteiger partial charge in [0.15, 0.2) is 0 Å². The Labute approximate surface area is 110 Å². The molecule has 0 fully saturated rings. The molecule has 0 saturated heterocycles. The van der Waals surface area contributed by atoms with Crippen molar-refractivity contribution in [2.24, 2.45) is 10.8 Å². The van der Waals surface area contributed by atoms with Crippen molar-refractivity contribution in [3.63, 3.8) is 0 Å². The maximum Gasteiger partial charge on any atom is 0.264 e. The van der Waals surface area contributed by atoms with E-state index in [4.69, 9.17) is 11.3 Å². The van der Waals surface area contributed by atoms with E-state index in [2.05, 4.69) is 10.0 Å². The second kappa shape index (κ2) is 6.74. The first-order valence-corrected chi connectivity index (χ1v) is 6.98. The number of carbonyl (C=O) groups is 1. The average molecular weight is 283 g/mol. The van der Waals surface area contributed by atoms with Crippen LogP contribution in [0.2, 0.25) is 0 Å². The molecular weight excluding hydrogens is 270 g/mol. The highest BCUT2D eigenvalue weighted by atomic mass is 32.2. The first kappa shape index (κ1) is 15.0. The van der Waals surface area contributed by atoms with E-state index in [1.54, 1.807) is 18.2 Å². The normalized spacial score (nSPS) is 10.6. The number of amides is 1. The van der Waals surface area contributed by atoms with Gasteiger partial charge in [-0.05, 0) is 36.2 Å². The van der Waals surface area contributed by atoms with E-state index in [1.807, 2.05) is 4.72 Å². The number of nitrogens with one attached hydrogen (secondary N) is 1. The van der Waals surface area contributed by atoms with Crippen LogP contribution < -0.4 is 10.5 Å². The fourth-order valence-corrected chi connectivity index (χ4v) is 2.04. The molecule has 0 aliphatic carbocycles. The fraction of sp³-hybridized carbons (Fsp3) is 0.300. The molecule has 3 N–H and O–H groups in total. The van der Waals surface area contributed by atoms with Crippen LogP contribution in [0.5, 0.6) is 0 Å². The van der Waals surface area contributed by atoms with E-state index in [1.165, 1.54) is 6.07 Å². The summed E-state index contributed by atoms with van der Waals surface area (Å²) in [5, 5.41) is 2.90. The van der Waals surface area contributed by atoms with Crippen LogP contribution in [0.3, 0.4) is 0 Å². The van der Waals surface area contributed by atoms with E-state index in [0.29, 0.717) is 13.0 Å². The smallest absolute Gasteiger partial charge is 0.264 e. The van der Waals surface area contributed by atoms with E-state index in [9.17, 15) is 13.2 Å². The Kier molecular flexibility index (Phi) is 5.31. The zero-order valence-electron chi connectivity index (χ0n) is 9.98. The Hall–Kier alpha value is -2.09. The summed E-state index contributed by atoms with van der Waals surface area (Å²) in [5.74, 6) is -1.59. The molecule has 1 rings (SSSR count). The van der Waals surface area contributed by atoms with Gasteiger partial charge in [-0.3, -0.25) is 4.79 Å². The third kappa shape index (κ3) is 4.96. The zero-order chi connectivity index (χ0) is 14.3. The summed E-state index contributed by atoms with van der Waals surface area (Å²) >= 11 is 0. The lowest BCUT2D eigenvalue weighted by Gasteiger charge is -2.06. The van der Waals surface area contributed by atoms with Crippen molar-refractivity contribution in [1.29, 1.82) is 0 Å². The van der Waals surface area contributed by atoms with E-state index in [-0.39, 0.29) is 5.56 Å². The Morgan fingerprint density at radius 2 is 2.21 bits per heavy atom. The second-order valence-electron chi connectivity index (χ2n) is 3.64. The Morgan fingerprint density at radius 3 is 2.84 bits per heavy atom. The summed E-state index contributed by atoms with van der Waals surface area (Å²) in [6.07, 6.45) is 0.590. The molecule has 1 aromatic rings. The molecule has 0 saturated carbocycles. The Morgan fingerprint density at radius 1 is 1.47 bits per heavy atom. The molecule has 19 heavy (non-hydrogen) atoms. The monoisotopic (exact) mass is 283 g/mol. The second-order valence-corrected chi connectivity index (χ2v) is 5.34. The Bertz CT molecular complexity index is 607. The number of hydrogen-bond donors (Lipinski definition) is 2. The van der Waals surface area contributed by atoms with Crippen molar-refractivity contribution in [1.82, 2.24) is 4.72 Å². The van der Waals surface area contributed by atoms with E-state index < -0.39 is 21.8 Å². The molecule has 0 spiro atoms. The van der Waals surface area contributed by atoms with Gasteiger partial charge < -0.3 is 5.73 Å². The third-order valence-electron chi connectivity index (χ3n) is 2.16. The number of hydrogen-bond acceptors (Lipinski definition) is 5. The minimum atomic E-state index is -3.96. The number of benzene rings is 1. The summed E-state index contributed by atoms with van der Waals surface area (Å²) in [7, 11) is -3.96. The fourth-order valence-electron chi connectivity index (χ4n) is 1.37. The molecule has 0 radical (unpaired) electrons. The molecule has 0 aromatic heterocycles. The van der Waals surface area contributed by atoms with E-state index in [0.717, 1.165) is 5.56 Å². The molecule has 1 amide bonds. The van der Waals surface area contributed by atoms with Gasteiger partial charge in [0.2, 0.25) is 10.0 Å². The highest BCUT2D eigenvalue weighted by Crippen LogP contribution is 2.06. The maximum atomic E-state index is 11.7. The molecular formula is C10H13N5O3S. The standard InChI is InChI=1S/C10H13N5O3S/c11-5-4-8-2-1-3-9(6-8)10(16)14-19(17,18)7-13-15-12/h1-3,6H,4-5,7,11H2,(H,14,16). The molecule has 1 aromatic carbocycles. The molecule has 9 heteroatoms. The van der Waals surface area contributed by atoms with Gasteiger partial charge in [-0.15, -0.1) is 0 Å². The lowest BCUT2D eigenvalue weighted by atomic mass is 10.1. The lowest BCUT2D eigenvalue weighted by Crippen LogP contribution is -2.32. The summed E-state index contributed by atoms with van der Waals surface area (Å²) in [6, 6.07) is 6.47. The maximum absolute atomic E-state index is 11.7. The minimum absolute atomic E-state index is 0.204. The number of nitrogens with zero attached hydrogens (tertiary/aromatic N) is 3. The quantitative estimate of drug-likeness (QED) is 0.446. The molecule has 0 unspecified atom stereocenters. The zero-order valence-corrected chi connectivity index (χ0v) is 10.8. The number of sulfonamides is 1. The molecule has 0 aliphatic rings. The average Bonchev–Trinajstić information content (AvgIpc) is 2.37. The van der Waals surface area contributed by atoms with Gasteiger partial charge in [0.25, 0.3) is 5.91 Å². The van der Waals surface area contributed by atoms with Gasteiger partial charge in [0, 0.05) is 10.5 Å². The first-order chi connectivity index (χ1) is 8.98. The van der Waals surface area contributed by atoms with Crippen molar-refractivity contribution in [3.05, 3.63) is 45.8 Å². The molecule has 0 atom stereocenters. The van der Waals surface area contributed by atoms with Crippen LogP contribution in [-0.4, -0.2) is 26.7 Å². The topological polar surface area (TPSA) is 138 Å². The van der Waals surface area contributed by atoms with Gasteiger partial charge in [0.1, 0.15) is 5.88 Å². The number of azide groups is 1. The van der Waals surface area contributed by atoms with Gasteiger partial charge in [-0.25, -0.2) is 13.1 Å². The summed E-state index contributed by atoms with van der Waals surface area (Å²) in [6.45, 7) is 0.431. The van der Waals surface area contributed by atoms with Crippen LogP contribution >= 0.6 is 0 Å². The van der Waals surface area contributed by atoms with Crippen LogP contribution in [0.1, 0.15) is 15.9 Å². The van der Waals surface area contributed by atoms with Crippen LogP contribution in [0, 0.1) is 0 Å². The van der Waals surface area contributed by atoms with Crippen molar-refractivity contribution in [2.75, 3.05) is 12.4 Å². The SMILES string of the molecule is [N-]=[N+]=NCS(=O)(=O)NC(=O)c1cccc(CCN)c1. The number of rotatable bonds is 6. The van der Waals surface area contributed by atoms with Gasteiger partial charge in [-0.2, -0.15) is 0 Å². The van der Waals surface area contributed by atoms with Gasteiger partial charge in [-0.1, -0.05) is 17.2 Å². The first-order valence-electron chi connectivity index (χ1n) is 5.33. The van der Waals surface area contributed by atoms with Crippen LogP contribution in [0.4, 0.5) is 0 Å². The van der Waals surface area contributed by atoms with Crippen LogP contribution in [0.15, 0.2) is 29.4 Å². The predicted octanol–water partition coefficient (Wildman–Crippen LogP) is 0.515. The summed E-state index contributed by atoms with van der Waals surface area (Å²) in [5.41, 5.74) is 14.5. The number of nitrogens with two attached hydrogens (primary N) is 1. The van der Waals surface area contributed by atoms with Crippen molar-refractivity contribution < 1.29 is 13.2 Å². The van der Waals surface area contributed by atoms with Crippen molar-refractivity contribution >= 4 is 15.9 Å². The third-order valence-corrected chi connectivity index (χ3v) is 3.11. The van der Waals surface area contributed by atoms with Gasteiger partial charge >= 0.3 is 0 Å². The van der Waals surface area contributed by atoms with Crippen LogP contribution in [-0.2, 0) is 16.4 Å². The molecule has 0 bridgehead atoms. The Balaban J connectivity index is 2.83. The lowest BCUT2D eigenvalue weighted by molar-refractivity contribution is 0.0981.